The number of alkyl halides is 2. The number of amides is 2. The molecule has 35 heavy (non-hydrogen) atoms. The summed E-state index contributed by atoms with van der Waals surface area (Å²) in [6, 6.07) is -1.53. The zero-order valence-corrected chi connectivity index (χ0v) is 19.9. The number of carbonyl (C=O) groups is 2. The Balaban J connectivity index is 1.91. The number of halogens is 2. The van der Waals surface area contributed by atoms with Crippen molar-refractivity contribution >= 4 is 11.8 Å². The molecule has 1 aliphatic heterocycles. The lowest BCUT2D eigenvalue weighted by Crippen LogP contribution is -2.46. The number of hydrogen-bond acceptors (Lipinski definition) is 9. The van der Waals surface area contributed by atoms with Gasteiger partial charge in [-0.3, -0.25) is 14.3 Å². The molecule has 0 spiro atoms. The summed E-state index contributed by atoms with van der Waals surface area (Å²) in [5.41, 5.74) is -0.728. The van der Waals surface area contributed by atoms with Gasteiger partial charge >= 0.3 is 5.92 Å². The molecule has 1 unspecified atom stereocenters. The van der Waals surface area contributed by atoms with Crippen LogP contribution in [0, 0.1) is 12.3 Å². The summed E-state index contributed by atoms with van der Waals surface area (Å²) in [7, 11) is 1.61. The molecule has 0 saturated heterocycles. The largest absolute Gasteiger partial charge is 0.352 e. The van der Waals surface area contributed by atoms with Crippen LogP contribution in [0.15, 0.2) is 21.1 Å². The summed E-state index contributed by atoms with van der Waals surface area (Å²) >= 11 is 0. The van der Waals surface area contributed by atoms with E-state index < -0.39 is 41.8 Å². The molecule has 0 bridgehead atoms. The van der Waals surface area contributed by atoms with Gasteiger partial charge in [-0.25, -0.2) is 4.98 Å². The van der Waals surface area contributed by atoms with Gasteiger partial charge in [0.25, 0.3) is 5.91 Å². The Hall–Kier alpha value is -3.76. The molecule has 14 heteroatoms. The predicted molar refractivity (Wildman–Crippen MR) is 116 cm³/mol. The van der Waals surface area contributed by atoms with Crippen LogP contribution in [0.1, 0.15) is 70.0 Å². The maximum absolute atomic E-state index is 13.6. The Kier molecular flexibility index (Phi) is 7.57. The lowest BCUT2D eigenvalue weighted by atomic mass is 10.0. The molecule has 1 aliphatic rings. The van der Waals surface area contributed by atoms with Crippen molar-refractivity contribution < 1.29 is 22.9 Å². The fraction of sp³-hybridized carbons (Fsp3) is 0.619. The maximum atomic E-state index is 13.6. The van der Waals surface area contributed by atoms with E-state index >= 15 is 0 Å². The minimum absolute atomic E-state index is 0.0439. The van der Waals surface area contributed by atoms with Crippen LogP contribution in [0.4, 0.5) is 8.78 Å². The second-order valence-corrected chi connectivity index (χ2v) is 8.65. The summed E-state index contributed by atoms with van der Waals surface area (Å²) in [4.78, 5) is 35.6. The van der Waals surface area contributed by atoms with E-state index in [4.69, 9.17) is 10.9 Å². The van der Waals surface area contributed by atoms with Gasteiger partial charge in [-0.05, 0) is 13.8 Å². The first kappa shape index (κ1) is 25.9. The van der Waals surface area contributed by atoms with Crippen LogP contribution >= 0.6 is 0 Å². The van der Waals surface area contributed by atoms with Crippen molar-refractivity contribution in [1.82, 2.24) is 35.1 Å². The molecule has 0 aromatic carbocycles. The Labute approximate surface area is 200 Å². The first-order valence-corrected chi connectivity index (χ1v) is 11.0. The molecule has 2 aromatic rings. The van der Waals surface area contributed by atoms with Crippen LogP contribution in [-0.4, -0.2) is 53.3 Å². The average molecular weight is 492 g/mol. The molecule has 12 nitrogen and oxygen atoms in total. The van der Waals surface area contributed by atoms with E-state index in [1.54, 1.807) is 20.9 Å². The smallest absolute Gasteiger partial charge is 0.307 e. The van der Waals surface area contributed by atoms with Crippen molar-refractivity contribution in [2.75, 3.05) is 0 Å². The highest BCUT2D eigenvalue weighted by Gasteiger charge is 2.42. The lowest BCUT2D eigenvalue weighted by Gasteiger charge is -2.29. The summed E-state index contributed by atoms with van der Waals surface area (Å²) in [6.07, 6.45) is 7.85. The molecule has 1 N–H and O–H groups in total. The third-order valence-electron chi connectivity index (χ3n) is 5.13. The van der Waals surface area contributed by atoms with Crippen molar-refractivity contribution in [3.63, 3.8) is 0 Å². The summed E-state index contributed by atoms with van der Waals surface area (Å²) < 4.78 is 33.6. The number of rotatable bonds is 12. The van der Waals surface area contributed by atoms with Gasteiger partial charge in [-0.2, -0.15) is 29.1 Å². The molecule has 3 heterocycles. The first-order valence-electron chi connectivity index (χ1n) is 11.0. The van der Waals surface area contributed by atoms with Gasteiger partial charge in [-0.15, -0.1) is 12.3 Å². The van der Waals surface area contributed by atoms with Crippen molar-refractivity contribution in [2.45, 2.75) is 76.7 Å². The fourth-order valence-corrected chi connectivity index (χ4v) is 3.33. The van der Waals surface area contributed by atoms with E-state index in [1.165, 1.54) is 11.0 Å². The third-order valence-corrected chi connectivity index (χ3v) is 5.13. The molecule has 188 valence electrons. The maximum Gasteiger partial charge on any atom is 0.307 e. The molecule has 1 atom stereocenters. The van der Waals surface area contributed by atoms with E-state index in [9.17, 15) is 18.4 Å². The van der Waals surface area contributed by atoms with Gasteiger partial charge in [0.2, 0.25) is 17.6 Å². The van der Waals surface area contributed by atoms with Crippen LogP contribution in [0.3, 0.4) is 0 Å². The summed E-state index contributed by atoms with van der Waals surface area (Å²) in [5.74, 6) is -2.93. The van der Waals surface area contributed by atoms with Crippen LogP contribution in [0.25, 0.3) is 0 Å². The van der Waals surface area contributed by atoms with Crippen LogP contribution in [-0.2, 0) is 29.1 Å². The lowest BCUT2D eigenvalue weighted by molar-refractivity contribution is -0.142. The van der Waals surface area contributed by atoms with E-state index in [2.05, 4.69) is 41.7 Å². The molecule has 2 amide bonds. The average Bonchev–Trinajstić information content (AvgIpc) is 3.13. The number of terminal acetylenes is 1. The van der Waals surface area contributed by atoms with Crippen molar-refractivity contribution in [3.05, 3.63) is 23.9 Å². The van der Waals surface area contributed by atoms with E-state index in [0.717, 1.165) is 4.90 Å². The number of hydrogen-bond donors (Lipinski definition) is 1. The molecule has 0 aliphatic carbocycles. The molecular weight excluding hydrogens is 464 g/mol. The topological polar surface area (TPSA) is 144 Å². The Bertz CT molecular complexity index is 1120. The van der Waals surface area contributed by atoms with Crippen molar-refractivity contribution in [2.24, 2.45) is 17.3 Å². The fourth-order valence-electron chi connectivity index (χ4n) is 3.33. The number of nitrogens with one attached hydrogen (secondary N) is 1. The highest BCUT2D eigenvalue weighted by molar-refractivity contribution is 5.88. The zero-order chi connectivity index (χ0) is 25.8. The molecule has 0 saturated carbocycles. The Morgan fingerprint density at radius 1 is 1.34 bits per heavy atom. The summed E-state index contributed by atoms with van der Waals surface area (Å²) in [6.45, 7) is 3.72. The van der Waals surface area contributed by atoms with Crippen molar-refractivity contribution in [3.8, 4) is 12.3 Å². The second kappa shape index (κ2) is 10.2. The van der Waals surface area contributed by atoms with Crippen LogP contribution < -0.4 is 5.32 Å². The molecule has 3 rings (SSSR count). The predicted octanol–water partition coefficient (Wildman–Crippen LogP) is 2.26. The minimum Gasteiger partial charge on any atom is -0.352 e. The number of aryl methyl sites for hydroxylation is 1. The first-order chi connectivity index (χ1) is 16.4. The number of aromatic nitrogens is 5. The van der Waals surface area contributed by atoms with Gasteiger partial charge in [0.05, 0.1) is 0 Å². The SMILES string of the molecule is C#CCCC1(CCC(=O)N(Cc2nc(C(C)(F)F)no2)C(C(=O)NC(C)C)c2ncn(C)n2)N=N1. The van der Waals surface area contributed by atoms with Crippen molar-refractivity contribution in [1.29, 1.82) is 0 Å². The van der Waals surface area contributed by atoms with Crippen LogP contribution in [0.5, 0.6) is 0 Å². The minimum atomic E-state index is -3.34. The monoisotopic (exact) mass is 491 g/mol. The van der Waals surface area contributed by atoms with Gasteiger partial charge < -0.3 is 14.7 Å². The Morgan fingerprint density at radius 2 is 2.06 bits per heavy atom. The standard InChI is InChI=1S/C21H27F2N9O3/c1-6-7-9-21(29-30-21)10-8-15(33)32(11-14-26-19(28-35-14)20(4,22)23)16(18(34)25-13(2)3)17-24-12-31(5)27-17/h1,12-13,16H,7-11H2,2-5H3,(H,25,34). The molecule has 0 fully saturated rings. The second-order valence-electron chi connectivity index (χ2n) is 8.65. The van der Waals surface area contributed by atoms with Crippen LogP contribution in [0.2, 0.25) is 0 Å². The van der Waals surface area contributed by atoms with Gasteiger partial charge in [-0.1, -0.05) is 5.16 Å². The van der Waals surface area contributed by atoms with Gasteiger partial charge in [0.15, 0.2) is 17.5 Å². The van der Waals surface area contributed by atoms with E-state index in [0.29, 0.717) is 19.8 Å². The molecular formula is C21H27F2N9O3. The normalized spacial score (nSPS) is 15.0. The highest BCUT2D eigenvalue weighted by atomic mass is 19.3. The van der Waals surface area contributed by atoms with Gasteiger partial charge in [0.1, 0.15) is 12.9 Å². The highest BCUT2D eigenvalue weighted by Crippen LogP contribution is 2.38. The third kappa shape index (κ3) is 6.65. The summed E-state index contributed by atoms with van der Waals surface area (Å²) in [5, 5.41) is 18.3. The van der Waals surface area contributed by atoms with Gasteiger partial charge in [0, 0.05) is 45.7 Å². The molecule has 0 radical (unpaired) electrons. The van der Waals surface area contributed by atoms with E-state index in [-0.39, 0.29) is 30.6 Å². The number of carbonyl (C=O) groups excluding carboxylic acids is 2. The zero-order valence-electron chi connectivity index (χ0n) is 19.9. The quantitative estimate of drug-likeness (QED) is 0.449. The number of nitrogens with zero attached hydrogens (tertiary/aromatic N) is 8. The molecule has 2 aromatic heterocycles. The Morgan fingerprint density at radius 3 is 2.57 bits per heavy atom. The van der Waals surface area contributed by atoms with E-state index in [1.807, 2.05) is 0 Å².